The van der Waals surface area contributed by atoms with Crippen molar-refractivity contribution in [2.75, 3.05) is 5.73 Å². The van der Waals surface area contributed by atoms with Crippen LogP contribution in [0.5, 0.6) is 0 Å². The number of nitrogen functional groups attached to an aromatic ring is 1. The summed E-state index contributed by atoms with van der Waals surface area (Å²) in [6, 6.07) is 5.38. The van der Waals surface area contributed by atoms with E-state index in [2.05, 4.69) is 10.2 Å². The topological polar surface area (TPSA) is 92.0 Å². The number of aliphatic carboxylic acids is 1. The molecule has 0 fully saturated rings. The lowest BCUT2D eigenvalue weighted by Crippen LogP contribution is -1.85. The van der Waals surface area contributed by atoms with E-state index in [4.69, 9.17) is 10.8 Å². The molecule has 1 aromatic carbocycles. The molecule has 5 heteroatoms. The van der Waals surface area contributed by atoms with Crippen molar-refractivity contribution in [2.45, 2.75) is 0 Å². The summed E-state index contributed by atoms with van der Waals surface area (Å²) >= 11 is 0. The predicted molar refractivity (Wildman–Crippen MR) is 57.2 cm³/mol. The average molecular weight is 203 g/mol. The third-order valence-corrected chi connectivity index (χ3v) is 2.03. The number of aromatic amines is 1. The first-order chi connectivity index (χ1) is 7.16. The van der Waals surface area contributed by atoms with Crippen molar-refractivity contribution in [3.05, 3.63) is 29.8 Å². The Hall–Kier alpha value is -2.30. The molecular formula is C10H9N3O2. The standard InChI is InChI=1S/C10H9N3O2/c11-10-7-3-1-6(2-4-9(14)15)5-8(7)12-13-10/h1-5H,(H,14,15)(H3,11,12,13). The molecule has 0 saturated carbocycles. The first kappa shape index (κ1) is 9.26. The van der Waals surface area contributed by atoms with E-state index in [-0.39, 0.29) is 0 Å². The fourth-order valence-electron chi connectivity index (χ4n) is 1.33. The van der Waals surface area contributed by atoms with E-state index < -0.39 is 5.97 Å². The Bertz CT molecular complexity index is 543. The van der Waals surface area contributed by atoms with Gasteiger partial charge in [-0.2, -0.15) is 5.10 Å². The second-order valence-corrected chi connectivity index (χ2v) is 3.09. The van der Waals surface area contributed by atoms with Crippen LogP contribution in [0, 0.1) is 0 Å². The molecule has 0 saturated heterocycles. The number of hydrogen-bond acceptors (Lipinski definition) is 3. The fourth-order valence-corrected chi connectivity index (χ4v) is 1.33. The second-order valence-electron chi connectivity index (χ2n) is 3.09. The van der Waals surface area contributed by atoms with Crippen LogP contribution < -0.4 is 5.73 Å². The molecule has 0 unspecified atom stereocenters. The minimum absolute atomic E-state index is 0.443. The van der Waals surface area contributed by atoms with Crippen molar-refractivity contribution in [3.8, 4) is 0 Å². The molecular weight excluding hydrogens is 194 g/mol. The van der Waals surface area contributed by atoms with Crippen LogP contribution in [0.15, 0.2) is 24.3 Å². The number of aromatic nitrogens is 2. The van der Waals surface area contributed by atoms with Crippen LogP contribution in [0.4, 0.5) is 5.82 Å². The van der Waals surface area contributed by atoms with E-state index in [0.29, 0.717) is 5.82 Å². The average Bonchev–Trinajstić information content (AvgIpc) is 2.57. The number of rotatable bonds is 2. The smallest absolute Gasteiger partial charge is 0.328 e. The summed E-state index contributed by atoms with van der Waals surface area (Å²) in [5, 5.41) is 15.9. The monoisotopic (exact) mass is 203 g/mol. The maximum absolute atomic E-state index is 10.3. The van der Waals surface area contributed by atoms with Gasteiger partial charge in [-0.1, -0.05) is 6.07 Å². The van der Waals surface area contributed by atoms with Gasteiger partial charge in [0.2, 0.25) is 0 Å². The number of benzene rings is 1. The number of carboxylic acid groups (broad SMARTS) is 1. The molecule has 15 heavy (non-hydrogen) atoms. The number of nitrogens with zero attached hydrogens (tertiary/aromatic N) is 1. The van der Waals surface area contributed by atoms with Crippen molar-refractivity contribution in [1.29, 1.82) is 0 Å². The summed E-state index contributed by atoms with van der Waals surface area (Å²) in [5.41, 5.74) is 7.17. The zero-order chi connectivity index (χ0) is 10.8. The van der Waals surface area contributed by atoms with Crippen LogP contribution >= 0.6 is 0 Å². The summed E-state index contributed by atoms with van der Waals surface area (Å²) in [7, 11) is 0. The second kappa shape index (κ2) is 3.45. The minimum Gasteiger partial charge on any atom is -0.478 e. The summed E-state index contributed by atoms with van der Waals surface area (Å²) in [4.78, 5) is 10.3. The van der Waals surface area contributed by atoms with Gasteiger partial charge in [-0.25, -0.2) is 4.79 Å². The Morgan fingerprint density at radius 2 is 2.33 bits per heavy atom. The first-order valence-electron chi connectivity index (χ1n) is 4.31. The van der Waals surface area contributed by atoms with Crippen LogP contribution in [-0.2, 0) is 4.79 Å². The molecule has 1 aromatic heterocycles. The van der Waals surface area contributed by atoms with Crippen LogP contribution in [-0.4, -0.2) is 21.3 Å². The number of carboxylic acids is 1. The number of carbonyl (C=O) groups is 1. The van der Waals surface area contributed by atoms with Crippen molar-refractivity contribution >= 4 is 28.8 Å². The molecule has 0 aliphatic rings. The van der Waals surface area contributed by atoms with Crippen LogP contribution in [0.2, 0.25) is 0 Å². The van der Waals surface area contributed by atoms with E-state index in [0.717, 1.165) is 22.5 Å². The molecule has 0 amide bonds. The van der Waals surface area contributed by atoms with Crippen molar-refractivity contribution in [1.82, 2.24) is 10.2 Å². The number of fused-ring (bicyclic) bond motifs is 1. The van der Waals surface area contributed by atoms with Gasteiger partial charge in [0.25, 0.3) is 0 Å². The Kier molecular flexibility index (Phi) is 2.13. The predicted octanol–water partition coefficient (Wildman–Crippen LogP) is 1.24. The molecule has 2 aromatic rings. The zero-order valence-electron chi connectivity index (χ0n) is 7.77. The van der Waals surface area contributed by atoms with E-state index in [1.807, 2.05) is 0 Å². The highest BCUT2D eigenvalue weighted by Crippen LogP contribution is 2.19. The van der Waals surface area contributed by atoms with Crippen molar-refractivity contribution < 1.29 is 9.90 Å². The fraction of sp³-hybridized carbons (Fsp3) is 0. The molecule has 5 nitrogen and oxygen atoms in total. The maximum atomic E-state index is 10.3. The molecule has 2 rings (SSSR count). The number of H-pyrrole nitrogens is 1. The SMILES string of the molecule is Nc1n[nH]c2cc(C=CC(=O)O)ccc12. The van der Waals surface area contributed by atoms with E-state index in [9.17, 15) is 4.79 Å². The first-order valence-corrected chi connectivity index (χ1v) is 4.31. The van der Waals surface area contributed by atoms with Crippen LogP contribution in [0.25, 0.3) is 17.0 Å². The largest absolute Gasteiger partial charge is 0.478 e. The van der Waals surface area contributed by atoms with Gasteiger partial charge < -0.3 is 10.8 Å². The Labute approximate surface area is 85.2 Å². The van der Waals surface area contributed by atoms with E-state index in [1.165, 1.54) is 6.08 Å². The lowest BCUT2D eigenvalue weighted by atomic mass is 10.1. The summed E-state index contributed by atoms with van der Waals surface area (Å²) in [6.07, 6.45) is 2.60. The summed E-state index contributed by atoms with van der Waals surface area (Å²) in [5.74, 6) is -0.530. The number of hydrogen-bond donors (Lipinski definition) is 3. The van der Waals surface area contributed by atoms with E-state index >= 15 is 0 Å². The lowest BCUT2D eigenvalue weighted by Gasteiger charge is -1.93. The van der Waals surface area contributed by atoms with Gasteiger partial charge in [-0.3, -0.25) is 5.10 Å². The Morgan fingerprint density at radius 1 is 1.53 bits per heavy atom. The minimum atomic E-state index is -0.973. The molecule has 0 bridgehead atoms. The quantitative estimate of drug-likeness (QED) is 0.640. The highest BCUT2D eigenvalue weighted by Gasteiger charge is 2.01. The van der Waals surface area contributed by atoms with Crippen LogP contribution in [0.1, 0.15) is 5.56 Å². The van der Waals surface area contributed by atoms with Gasteiger partial charge >= 0.3 is 5.97 Å². The molecule has 0 spiro atoms. The third-order valence-electron chi connectivity index (χ3n) is 2.03. The van der Waals surface area contributed by atoms with E-state index in [1.54, 1.807) is 18.2 Å². The third kappa shape index (κ3) is 1.80. The molecule has 0 radical (unpaired) electrons. The highest BCUT2D eigenvalue weighted by molar-refractivity contribution is 5.91. The maximum Gasteiger partial charge on any atom is 0.328 e. The zero-order valence-corrected chi connectivity index (χ0v) is 7.77. The number of nitrogens with one attached hydrogen (secondary N) is 1. The van der Waals surface area contributed by atoms with Gasteiger partial charge in [-0.15, -0.1) is 0 Å². The van der Waals surface area contributed by atoms with Crippen LogP contribution in [0.3, 0.4) is 0 Å². The normalized spacial score (nSPS) is 11.2. The molecule has 0 aliphatic heterocycles. The van der Waals surface area contributed by atoms with Gasteiger partial charge in [0.1, 0.15) is 0 Å². The molecule has 4 N–H and O–H groups in total. The Balaban J connectivity index is 2.43. The lowest BCUT2D eigenvalue weighted by molar-refractivity contribution is -0.131. The van der Waals surface area contributed by atoms with Gasteiger partial charge in [0.05, 0.1) is 5.52 Å². The Morgan fingerprint density at radius 3 is 3.07 bits per heavy atom. The molecule has 0 atom stereocenters. The van der Waals surface area contributed by atoms with Gasteiger partial charge in [0, 0.05) is 11.5 Å². The van der Waals surface area contributed by atoms with Crippen molar-refractivity contribution in [3.63, 3.8) is 0 Å². The number of nitrogens with two attached hydrogens (primary N) is 1. The summed E-state index contributed by atoms with van der Waals surface area (Å²) in [6.45, 7) is 0. The van der Waals surface area contributed by atoms with Crippen molar-refractivity contribution in [2.24, 2.45) is 0 Å². The molecule has 1 heterocycles. The number of anilines is 1. The summed E-state index contributed by atoms with van der Waals surface area (Å²) < 4.78 is 0. The van der Waals surface area contributed by atoms with Gasteiger partial charge in [-0.05, 0) is 23.8 Å². The molecule has 0 aliphatic carbocycles. The van der Waals surface area contributed by atoms with Gasteiger partial charge in [0.15, 0.2) is 5.82 Å². The molecule has 76 valence electrons. The highest BCUT2D eigenvalue weighted by atomic mass is 16.4.